The molecule has 0 saturated carbocycles. The number of aromatic nitrogens is 2. The first kappa shape index (κ1) is 14.3. The molecule has 106 valence electrons. The third-order valence-corrected chi connectivity index (χ3v) is 2.86. The van der Waals surface area contributed by atoms with Crippen LogP contribution in [0.5, 0.6) is 0 Å². The smallest absolute Gasteiger partial charge is 0.258 e. The average molecular weight is 306 g/mol. The summed E-state index contributed by atoms with van der Waals surface area (Å²) in [5.74, 6) is -0.0851. The minimum atomic E-state index is -4.50. The van der Waals surface area contributed by atoms with Gasteiger partial charge in [-0.25, -0.2) is 4.68 Å². The zero-order valence-corrected chi connectivity index (χ0v) is 10.5. The van der Waals surface area contributed by atoms with Crippen molar-refractivity contribution in [3.05, 3.63) is 51.8 Å². The number of hydrogen-bond donors (Lipinski definition) is 0. The van der Waals surface area contributed by atoms with Gasteiger partial charge in [-0.2, -0.15) is 18.3 Å². The Morgan fingerprint density at radius 3 is 2.60 bits per heavy atom. The van der Waals surface area contributed by atoms with Gasteiger partial charge in [0.15, 0.2) is 0 Å². The molecule has 0 unspecified atom stereocenters. The van der Waals surface area contributed by atoms with Gasteiger partial charge in [0.1, 0.15) is 0 Å². The molecule has 0 spiro atoms. The van der Waals surface area contributed by atoms with Gasteiger partial charge in [0.25, 0.3) is 5.69 Å². The van der Waals surface area contributed by atoms with E-state index in [0.29, 0.717) is 11.8 Å². The van der Waals surface area contributed by atoms with E-state index in [1.54, 1.807) is 0 Å². The maximum atomic E-state index is 12.5. The highest BCUT2D eigenvalue weighted by molar-refractivity contribution is 6.17. The Bertz CT molecular complexity index is 655. The minimum absolute atomic E-state index is 0.0851. The van der Waals surface area contributed by atoms with Crippen LogP contribution in [-0.4, -0.2) is 14.7 Å². The highest BCUT2D eigenvalue weighted by Crippen LogP contribution is 2.30. The number of nitro benzene ring substituents is 1. The fourth-order valence-electron chi connectivity index (χ4n) is 1.62. The van der Waals surface area contributed by atoms with Gasteiger partial charge in [0, 0.05) is 24.2 Å². The van der Waals surface area contributed by atoms with Crippen LogP contribution in [0.25, 0.3) is 5.69 Å². The Morgan fingerprint density at radius 2 is 2.10 bits per heavy atom. The molecule has 2 aromatic rings. The van der Waals surface area contributed by atoms with Gasteiger partial charge >= 0.3 is 6.18 Å². The van der Waals surface area contributed by atoms with E-state index in [4.69, 9.17) is 11.6 Å². The Kier molecular flexibility index (Phi) is 3.67. The molecule has 9 heteroatoms. The molecule has 0 amide bonds. The largest absolute Gasteiger partial charge is 0.419 e. The van der Waals surface area contributed by atoms with Crippen molar-refractivity contribution in [1.82, 2.24) is 9.78 Å². The summed E-state index contributed by atoms with van der Waals surface area (Å²) in [6.07, 6.45) is -3.02. The van der Waals surface area contributed by atoms with Gasteiger partial charge in [-0.05, 0) is 11.6 Å². The van der Waals surface area contributed by atoms with Gasteiger partial charge in [-0.15, -0.1) is 11.6 Å². The van der Waals surface area contributed by atoms with Crippen LogP contribution in [0.3, 0.4) is 0 Å². The van der Waals surface area contributed by atoms with Crippen LogP contribution < -0.4 is 0 Å². The standard InChI is InChI=1S/C11H7ClF3N3O2/c12-4-7-3-9(18(19)20)1-2-10(7)17-6-8(5-16-17)11(13,14)15/h1-3,5-6H,4H2. The van der Waals surface area contributed by atoms with Gasteiger partial charge in [0.05, 0.1) is 22.4 Å². The molecule has 2 rings (SSSR count). The predicted molar refractivity (Wildman–Crippen MR) is 64.8 cm³/mol. The Labute approximate surface area is 115 Å². The van der Waals surface area contributed by atoms with E-state index >= 15 is 0 Å². The summed E-state index contributed by atoms with van der Waals surface area (Å²) in [4.78, 5) is 10.0. The van der Waals surface area contributed by atoms with Gasteiger partial charge in [0.2, 0.25) is 0 Å². The number of rotatable bonds is 3. The normalized spacial score (nSPS) is 11.6. The van der Waals surface area contributed by atoms with E-state index < -0.39 is 16.7 Å². The summed E-state index contributed by atoms with van der Waals surface area (Å²) in [5.41, 5.74) is -0.511. The summed E-state index contributed by atoms with van der Waals surface area (Å²) in [7, 11) is 0. The van der Waals surface area contributed by atoms with Gasteiger partial charge in [-0.3, -0.25) is 10.1 Å². The molecule has 1 aromatic heterocycles. The minimum Gasteiger partial charge on any atom is -0.258 e. The van der Waals surface area contributed by atoms with Crippen molar-refractivity contribution in [2.75, 3.05) is 0 Å². The van der Waals surface area contributed by atoms with Crippen molar-refractivity contribution in [2.45, 2.75) is 12.1 Å². The monoisotopic (exact) mass is 305 g/mol. The summed E-state index contributed by atoms with van der Waals surface area (Å²) < 4.78 is 38.5. The Morgan fingerprint density at radius 1 is 1.40 bits per heavy atom. The molecule has 0 aliphatic carbocycles. The highest BCUT2D eigenvalue weighted by atomic mass is 35.5. The molecule has 0 aliphatic heterocycles. The second-order valence-corrected chi connectivity index (χ2v) is 4.14. The van der Waals surface area contributed by atoms with Gasteiger partial charge in [-0.1, -0.05) is 0 Å². The lowest BCUT2D eigenvalue weighted by atomic mass is 10.2. The van der Waals surface area contributed by atoms with Crippen LogP contribution in [-0.2, 0) is 12.1 Å². The molecule has 0 radical (unpaired) electrons. The number of non-ortho nitro benzene ring substituents is 1. The quantitative estimate of drug-likeness (QED) is 0.495. The molecule has 0 aliphatic rings. The molecule has 20 heavy (non-hydrogen) atoms. The number of nitro groups is 1. The summed E-state index contributed by atoms with van der Waals surface area (Å²) in [5, 5.41) is 14.2. The lowest BCUT2D eigenvalue weighted by Crippen LogP contribution is -2.04. The average Bonchev–Trinajstić information content (AvgIpc) is 2.87. The first-order valence-corrected chi connectivity index (χ1v) is 5.82. The lowest BCUT2D eigenvalue weighted by molar-refractivity contribution is -0.384. The predicted octanol–water partition coefficient (Wildman–Crippen LogP) is 3.54. The third kappa shape index (κ3) is 2.74. The van der Waals surface area contributed by atoms with Crippen LogP contribution >= 0.6 is 11.6 Å². The molecular weight excluding hydrogens is 299 g/mol. The highest BCUT2D eigenvalue weighted by Gasteiger charge is 2.32. The van der Waals surface area contributed by atoms with Crippen LogP contribution in [0.15, 0.2) is 30.6 Å². The summed E-state index contributed by atoms with van der Waals surface area (Å²) in [6.45, 7) is 0. The van der Waals surface area contributed by atoms with Crippen molar-refractivity contribution >= 4 is 17.3 Å². The van der Waals surface area contributed by atoms with Crippen molar-refractivity contribution in [3.63, 3.8) is 0 Å². The topological polar surface area (TPSA) is 61.0 Å². The fraction of sp³-hybridized carbons (Fsp3) is 0.182. The molecule has 0 N–H and O–H groups in total. The lowest BCUT2D eigenvalue weighted by Gasteiger charge is -2.07. The first-order chi connectivity index (χ1) is 9.32. The number of benzene rings is 1. The third-order valence-electron chi connectivity index (χ3n) is 2.57. The second kappa shape index (κ2) is 5.12. The molecule has 5 nitrogen and oxygen atoms in total. The fourth-order valence-corrected chi connectivity index (χ4v) is 1.83. The van der Waals surface area contributed by atoms with E-state index in [2.05, 4.69) is 5.10 Å². The zero-order chi connectivity index (χ0) is 14.9. The van der Waals surface area contributed by atoms with E-state index in [9.17, 15) is 23.3 Å². The Balaban J connectivity index is 2.47. The molecule has 1 heterocycles. The van der Waals surface area contributed by atoms with E-state index in [1.807, 2.05) is 0 Å². The maximum absolute atomic E-state index is 12.5. The summed E-state index contributed by atoms with van der Waals surface area (Å²) in [6, 6.07) is 3.70. The number of alkyl halides is 4. The number of hydrogen-bond acceptors (Lipinski definition) is 3. The first-order valence-electron chi connectivity index (χ1n) is 5.28. The zero-order valence-electron chi connectivity index (χ0n) is 9.76. The molecule has 0 saturated heterocycles. The number of nitrogens with zero attached hydrogens (tertiary/aromatic N) is 3. The molecule has 0 bridgehead atoms. The van der Waals surface area contributed by atoms with Crippen molar-refractivity contribution in [3.8, 4) is 5.69 Å². The summed E-state index contributed by atoms with van der Waals surface area (Å²) >= 11 is 5.67. The molecule has 0 fully saturated rings. The van der Waals surface area contributed by atoms with Crippen molar-refractivity contribution < 1.29 is 18.1 Å². The van der Waals surface area contributed by atoms with Crippen LogP contribution in [0.1, 0.15) is 11.1 Å². The molecule has 1 aromatic carbocycles. The molecule has 0 atom stereocenters. The van der Waals surface area contributed by atoms with E-state index in [-0.39, 0.29) is 17.3 Å². The Hall–Kier alpha value is -2.09. The van der Waals surface area contributed by atoms with Gasteiger partial charge < -0.3 is 0 Å². The van der Waals surface area contributed by atoms with E-state index in [1.165, 1.54) is 18.2 Å². The second-order valence-electron chi connectivity index (χ2n) is 3.88. The van der Waals surface area contributed by atoms with Crippen LogP contribution in [0, 0.1) is 10.1 Å². The number of halogens is 4. The van der Waals surface area contributed by atoms with E-state index in [0.717, 1.165) is 10.9 Å². The SMILES string of the molecule is O=[N+]([O-])c1ccc(-n2cc(C(F)(F)F)cn2)c(CCl)c1. The van der Waals surface area contributed by atoms with Crippen LogP contribution in [0.2, 0.25) is 0 Å². The maximum Gasteiger partial charge on any atom is 0.419 e. The van der Waals surface area contributed by atoms with Crippen molar-refractivity contribution in [1.29, 1.82) is 0 Å². The molecular formula is C11H7ClF3N3O2. The van der Waals surface area contributed by atoms with Crippen LogP contribution in [0.4, 0.5) is 18.9 Å². The van der Waals surface area contributed by atoms with Crippen molar-refractivity contribution in [2.24, 2.45) is 0 Å².